The van der Waals surface area contributed by atoms with Gasteiger partial charge < -0.3 is 9.84 Å². The highest BCUT2D eigenvalue weighted by atomic mass is 19.1. The first-order valence-corrected chi connectivity index (χ1v) is 10.9. The average Bonchev–Trinajstić information content (AvgIpc) is 2.89. The van der Waals surface area contributed by atoms with Crippen molar-refractivity contribution >= 4 is 23.3 Å². The number of hydrogen-bond acceptors (Lipinski definition) is 6. The van der Waals surface area contributed by atoms with Crippen LogP contribution in [0.3, 0.4) is 0 Å². The number of esters is 1. The van der Waals surface area contributed by atoms with E-state index in [1.165, 1.54) is 25.2 Å². The summed E-state index contributed by atoms with van der Waals surface area (Å²) in [5.41, 5.74) is -5.84. The first-order chi connectivity index (χ1) is 14.3. The number of carbonyl (C=O) groups excluding carboxylic acids is 4. The fourth-order valence-electron chi connectivity index (χ4n) is 7.15. The van der Waals surface area contributed by atoms with E-state index in [1.54, 1.807) is 20.8 Å². The fourth-order valence-corrected chi connectivity index (χ4v) is 7.15. The third kappa shape index (κ3) is 2.58. The van der Waals surface area contributed by atoms with Crippen LogP contribution in [-0.2, 0) is 23.9 Å². The topological polar surface area (TPSA) is 97.7 Å². The molecule has 0 aromatic heterocycles. The molecule has 4 aliphatic carbocycles. The summed E-state index contributed by atoms with van der Waals surface area (Å²) >= 11 is 0. The molecule has 4 rings (SSSR count). The van der Waals surface area contributed by atoms with Crippen LogP contribution in [0, 0.1) is 28.6 Å². The summed E-state index contributed by atoms with van der Waals surface area (Å²) in [6.45, 7) is 5.70. The van der Waals surface area contributed by atoms with Crippen LogP contribution in [0.15, 0.2) is 23.8 Å². The number of Topliss-reactive ketones (excluding diaryl/α,β-unsaturated/α-hetero) is 2. The third-order valence-corrected chi connectivity index (χ3v) is 8.82. The Labute approximate surface area is 180 Å². The SMILES string of the molecule is CC(=O)OCC(=O)[C@@]1(O)[C@@H](C)C[C@H]2[C@@H]3CCC4=CC(=O)C=C[C@]4(C)[C@@]3(F)C(=O)C[C@@]21C. The fraction of sp³-hybridized carbons (Fsp3) is 0.667. The quantitative estimate of drug-likeness (QED) is 0.689. The van der Waals surface area contributed by atoms with E-state index in [-0.39, 0.29) is 12.2 Å². The molecule has 0 spiro atoms. The van der Waals surface area contributed by atoms with Crippen LogP contribution in [-0.4, -0.2) is 46.3 Å². The third-order valence-electron chi connectivity index (χ3n) is 8.82. The van der Waals surface area contributed by atoms with Crippen LogP contribution in [0.4, 0.5) is 4.39 Å². The number of aliphatic hydroxyl groups is 1. The molecule has 0 radical (unpaired) electrons. The van der Waals surface area contributed by atoms with E-state index in [2.05, 4.69) is 0 Å². The van der Waals surface area contributed by atoms with Gasteiger partial charge in [-0.3, -0.25) is 19.2 Å². The number of rotatable bonds is 3. The number of alkyl halides is 1. The molecule has 0 aromatic carbocycles. The molecule has 0 bridgehead atoms. The van der Waals surface area contributed by atoms with Crippen molar-refractivity contribution in [2.24, 2.45) is 28.6 Å². The van der Waals surface area contributed by atoms with Crippen molar-refractivity contribution in [1.82, 2.24) is 0 Å². The van der Waals surface area contributed by atoms with E-state index >= 15 is 4.39 Å². The largest absolute Gasteiger partial charge is 0.458 e. The van der Waals surface area contributed by atoms with Crippen molar-refractivity contribution in [3.05, 3.63) is 23.8 Å². The van der Waals surface area contributed by atoms with Gasteiger partial charge in [-0.2, -0.15) is 0 Å². The monoisotopic (exact) mass is 432 g/mol. The predicted molar refractivity (Wildman–Crippen MR) is 108 cm³/mol. The van der Waals surface area contributed by atoms with Gasteiger partial charge in [0.25, 0.3) is 0 Å². The molecule has 3 saturated carbocycles. The second-order valence-corrected chi connectivity index (χ2v) is 10.2. The summed E-state index contributed by atoms with van der Waals surface area (Å²) in [6, 6.07) is 0. The summed E-state index contributed by atoms with van der Waals surface area (Å²) in [6.07, 6.45) is 5.23. The molecule has 7 heteroatoms. The van der Waals surface area contributed by atoms with Gasteiger partial charge in [-0.15, -0.1) is 0 Å². The first-order valence-electron chi connectivity index (χ1n) is 10.9. The number of allylic oxidation sites excluding steroid dienone is 4. The minimum atomic E-state index is -2.21. The molecular weight excluding hydrogens is 403 g/mol. The smallest absolute Gasteiger partial charge is 0.303 e. The summed E-state index contributed by atoms with van der Waals surface area (Å²) in [5, 5.41) is 11.6. The highest BCUT2D eigenvalue weighted by Crippen LogP contribution is 2.69. The van der Waals surface area contributed by atoms with Crippen LogP contribution in [0.25, 0.3) is 0 Å². The Hall–Kier alpha value is -2.15. The molecule has 1 N–H and O–H groups in total. The maximum atomic E-state index is 16.9. The Bertz CT molecular complexity index is 952. The summed E-state index contributed by atoms with van der Waals surface area (Å²) < 4.78 is 21.8. The molecule has 0 heterocycles. The zero-order chi connectivity index (χ0) is 23.0. The summed E-state index contributed by atoms with van der Waals surface area (Å²) in [4.78, 5) is 49.6. The van der Waals surface area contributed by atoms with Crippen molar-refractivity contribution in [1.29, 1.82) is 0 Å². The highest BCUT2D eigenvalue weighted by Gasteiger charge is 2.75. The lowest BCUT2D eigenvalue weighted by Gasteiger charge is -2.59. The predicted octanol–water partition coefficient (Wildman–Crippen LogP) is 2.67. The lowest BCUT2D eigenvalue weighted by molar-refractivity contribution is -0.188. The number of carbonyl (C=O) groups is 4. The molecular formula is C24H29FO6. The number of fused-ring (bicyclic) bond motifs is 5. The molecule has 7 atom stereocenters. The lowest BCUT2D eigenvalue weighted by atomic mass is 9.45. The molecule has 6 nitrogen and oxygen atoms in total. The zero-order valence-electron chi connectivity index (χ0n) is 18.4. The van der Waals surface area contributed by atoms with E-state index < -0.39 is 64.0 Å². The van der Waals surface area contributed by atoms with Crippen LogP contribution >= 0.6 is 0 Å². The van der Waals surface area contributed by atoms with Gasteiger partial charge in [0, 0.05) is 30.1 Å². The molecule has 0 saturated heterocycles. The highest BCUT2D eigenvalue weighted by molar-refractivity contribution is 6.03. The van der Waals surface area contributed by atoms with Crippen LogP contribution in [0.1, 0.15) is 53.4 Å². The average molecular weight is 432 g/mol. The Balaban J connectivity index is 1.77. The van der Waals surface area contributed by atoms with Gasteiger partial charge in [-0.1, -0.05) is 25.5 Å². The second-order valence-electron chi connectivity index (χ2n) is 10.2. The van der Waals surface area contributed by atoms with Gasteiger partial charge in [0.05, 0.1) is 0 Å². The van der Waals surface area contributed by atoms with Crippen LogP contribution < -0.4 is 0 Å². The summed E-state index contributed by atoms with van der Waals surface area (Å²) in [5.74, 6) is -3.74. The maximum absolute atomic E-state index is 16.9. The maximum Gasteiger partial charge on any atom is 0.303 e. The van der Waals surface area contributed by atoms with Crippen LogP contribution in [0.5, 0.6) is 0 Å². The minimum absolute atomic E-state index is 0.206. The molecule has 0 unspecified atom stereocenters. The zero-order valence-corrected chi connectivity index (χ0v) is 18.4. The minimum Gasteiger partial charge on any atom is -0.458 e. The lowest BCUT2D eigenvalue weighted by Crippen LogP contribution is -2.68. The van der Waals surface area contributed by atoms with Gasteiger partial charge in [0.2, 0.25) is 5.78 Å². The molecule has 0 aliphatic heterocycles. The Kier molecular flexibility index (Phi) is 4.75. The van der Waals surface area contributed by atoms with Gasteiger partial charge in [-0.25, -0.2) is 4.39 Å². The van der Waals surface area contributed by atoms with Gasteiger partial charge in [0.15, 0.2) is 23.8 Å². The molecule has 31 heavy (non-hydrogen) atoms. The second kappa shape index (κ2) is 6.67. The molecule has 4 aliphatic rings. The van der Waals surface area contributed by atoms with E-state index in [1.807, 2.05) is 0 Å². The van der Waals surface area contributed by atoms with Crippen molar-refractivity contribution in [3.63, 3.8) is 0 Å². The number of hydrogen-bond donors (Lipinski definition) is 1. The first kappa shape index (κ1) is 22.1. The molecule has 3 fully saturated rings. The van der Waals surface area contributed by atoms with E-state index in [9.17, 15) is 24.3 Å². The van der Waals surface area contributed by atoms with Crippen LogP contribution in [0.2, 0.25) is 0 Å². The van der Waals surface area contributed by atoms with E-state index in [0.29, 0.717) is 24.8 Å². The van der Waals surface area contributed by atoms with Crippen molar-refractivity contribution < 1.29 is 33.4 Å². The van der Waals surface area contributed by atoms with Crippen molar-refractivity contribution in [2.75, 3.05) is 6.61 Å². The van der Waals surface area contributed by atoms with Gasteiger partial charge in [-0.05, 0) is 50.2 Å². The standard InChI is InChI=1S/C24H29FO6/c1-13-9-18-17-6-5-15-10-16(27)7-8-21(15,3)23(17,25)19(28)11-22(18,4)24(13,30)20(29)12-31-14(2)26/h7-8,10,13,17-18,30H,5-6,9,11-12H2,1-4H3/t13-,17-,18-,21-,22-,23-,24-/m0/s1. The van der Waals surface area contributed by atoms with E-state index in [4.69, 9.17) is 4.74 Å². The Morgan fingerprint density at radius 2 is 1.94 bits per heavy atom. The molecule has 0 aromatic rings. The molecule has 0 amide bonds. The number of ketones is 3. The normalized spacial score (nSPS) is 46.0. The Morgan fingerprint density at radius 1 is 1.26 bits per heavy atom. The van der Waals surface area contributed by atoms with Crippen molar-refractivity contribution in [3.8, 4) is 0 Å². The van der Waals surface area contributed by atoms with E-state index in [0.717, 1.165) is 0 Å². The molecule has 168 valence electrons. The van der Waals surface area contributed by atoms with Gasteiger partial charge >= 0.3 is 5.97 Å². The van der Waals surface area contributed by atoms with Crippen molar-refractivity contribution in [2.45, 2.75) is 64.6 Å². The van der Waals surface area contributed by atoms with Gasteiger partial charge in [0.1, 0.15) is 5.60 Å². The number of ether oxygens (including phenoxy) is 1. The summed E-state index contributed by atoms with van der Waals surface area (Å²) in [7, 11) is 0. The number of halogens is 1. The Morgan fingerprint density at radius 3 is 2.58 bits per heavy atom.